The van der Waals surface area contributed by atoms with E-state index in [0.717, 1.165) is 13.0 Å². The van der Waals surface area contributed by atoms with E-state index < -0.39 is 0 Å². The lowest BCUT2D eigenvalue weighted by Gasteiger charge is -2.09. The van der Waals surface area contributed by atoms with Crippen LogP contribution in [0.15, 0.2) is 10.6 Å². The number of aromatic nitrogens is 1. The Hall–Kier alpha value is -1.40. The van der Waals surface area contributed by atoms with Crippen molar-refractivity contribution in [3.8, 4) is 0 Å². The molecule has 1 unspecified atom stereocenters. The molecule has 1 amide bonds. The van der Waals surface area contributed by atoms with Gasteiger partial charge < -0.3 is 19.9 Å². The maximum atomic E-state index is 11.7. The zero-order valence-corrected chi connectivity index (χ0v) is 10.6. The zero-order chi connectivity index (χ0) is 12.8. The Kier molecular flexibility index (Phi) is 4.72. The largest absolute Gasteiger partial charge is 0.377 e. The highest BCUT2D eigenvalue weighted by Gasteiger charge is 2.15. The molecule has 6 heteroatoms. The zero-order valence-electron chi connectivity index (χ0n) is 10.6. The summed E-state index contributed by atoms with van der Waals surface area (Å²) in [5, 5.41) is 9.93. The van der Waals surface area contributed by atoms with Crippen LogP contribution >= 0.6 is 0 Å². The molecule has 1 aliphatic rings. The Morgan fingerprint density at radius 2 is 2.61 bits per heavy atom. The fourth-order valence-electron chi connectivity index (χ4n) is 2.08. The molecule has 2 rings (SSSR count). The Balaban J connectivity index is 1.72. The lowest BCUT2D eigenvalue weighted by atomic mass is 10.1. The van der Waals surface area contributed by atoms with Crippen LogP contribution in [0.25, 0.3) is 0 Å². The number of amides is 1. The van der Waals surface area contributed by atoms with Crippen LogP contribution < -0.4 is 10.6 Å². The minimum absolute atomic E-state index is 0.195. The average Bonchev–Trinajstić information content (AvgIpc) is 3.00. The van der Waals surface area contributed by atoms with Gasteiger partial charge in [0.25, 0.3) is 5.91 Å². The van der Waals surface area contributed by atoms with Crippen molar-refractivity contribution in [2.24, 2.45) is 0 Å². The minimum atomic E-state index is -0.195. The quantitative estimate of drug-likeness (QED) is 0.780. The van der Waals surface area contributed by atoms with Gasteiger partial charge in [0.05, 0.1) is 0 Å². The van der Waals surface area contributed by atoms with Crippen molar-refractivity contribution in [1.29, 1.82) is 0 Å². The number of hydrogen-bond donors (Lipinski definition) is 2. The van der Waals surface area contributed by atoms with E-state index >= 15 is 0 Å². The Morgan fingerprint density at radius 1 is 1.72 bits per heavy atom. The van der Waals surface area contributed by atoms with Crippen molar-refractivity contribution in [2.45, 2.75) is 31.9 Å². The average molecular weight is 253 g/mol. The molecule has 0 aromatic carbocycles. The summed E-state index contributed by atoms with van der Waals surface area (Å²) in [5.74, 6) is 0.360. The molecule has 1 aliphatic heterocycles. The Bertz CT molecular complexity index is 386. The van der Waals surface area contributed by atoms with Gasteiger partial charge in [-0.2, -0.15) is 0 Å². The predicted molar refractivity (Wildman–Crippen MR) is 65.2 cm³/mol. The second-order valence-corrected chi connectivity index (χ2v) is 4.45. The molecule has 0 saturated carbocycles. The first-order valence-electron chi connectivity index (χ1n) is 6.25. The van der Waals surface area contributed by atoms with Gasteiger partial charge in [-0.05, 0) is 25.8 Å². The van der Waals surface area contributed by atoms with Crippen molar-refractivity contribution in [2.75, 3.05) is 20.2 Å². The number of nitrogens with one attached hydrogen (secondary N) is 2. The summed E-state index contributed by atoms with van der Waals surface area (Å²) < 4.78 is 9.85. The van der Waals surface area contributed by atoms with Crippen LogP contribution in [-0.2, 0) is 11.3 Å². The van der Waals surface area contributed by atoms with E-state index in [9.17, 15) is 4.79 Å². The molecule has 0 spiro atoms. The molecule has 0 radical (unpaired) electrons. The third-order valence-corrected chi connectivity index (χ3v) is 3.02. The highest BCUT2D eigenvalue weighted by molar-refractivity contribution is 5.92. The first-order valence-corrected chi connectivity index (χ1v) is 6.25. The van der Waals surface area contributed by atoms with Gasteiger partial charge in [-0.3, -0.25) is 4.79 Å². The molecule has 100 valence electrons. The van der Waals surface area contributed by atoms with E-state index in [4.69, 9.17) is 9.26 Å². The second-order valence-electron chi connectivity index (χ2n) is 4.45. The van der Waals surface area contributed by atoms with Gasteiger partial charge in [0, 0.05) is 25.8 Å². The fraction of sp³-hybridized carbons (Fsp3) is 0.667. The molecule has 1 aromatic heterocycles. The summed E-state index contributed by atoms with van der Waals surface area (Å²) in [7, 11) is 1.57. The highest BCUT2D eigenvalue weighted by Crippen LogP contribution is 2.08. The van der Waals surface area contributed by atoms with Crippen molar-refractivity contribution >= 4 is 5.91 Å². The summed E-state index contributed by atoms with van der Waals surface area (Å²) >= 11 is 0. The number of methoxy groups -OCH3 is 1. The number of hydrogen-bond acceptors (Lipinski definition) is 5. The van der Waals surface area contributed by atoms with Gasteiger partial charge in [-0.25, -0.2) is 0 Å². The van der Waals surface area contributed by atoms with Crippen LogP contribution in [-0.4, -0.2) is 37.3 Å². The van der Waals surface area contributed by atoms with Gasteiger partial charge in [-0.15, -0.1) is 0 Å². The van der Waals surface area contributed by atoms with Crippen LogP contribution in [0.4, 0.5) is 0 Å². The first-order chi connectivity index (χ1) is 8.79. The summed E-state index contributed by atoms with van der Waals surface area (Å²) in [4.78, 5) is 11.7. The summed E-state index contributed by atoms with van der Waals surface area (Å²) in [6.07, 6.45) is 3.37. The van der Waals surface area contributed by atoms with E-state index in [2.05, 4.69) is 15.8 Å². The number of carbonyl (C=O) groups is 1. The molecule has 2 heterocycles. The molecule has 1 aromatic rings. The lowest BCUT2D eigenvalue weighted by molar-refractivity contribution is 0.0942. The van der Waals surface area contributed by atoms with Gasteiger partial charge >= 0.3 is 0 Å². The standard InChI is InChI=1S/C12H19N3O3/c1-17-8-10-7-11(15-18-10)12(16)14-6-4-9-3-2-5-13-9/h7,9,13H,2-6,8H2,1H3,(H,14,16). The maximum Gasteiger partial charge on any atom is 0.273 e. The summed E-state index contributed by atoms with van der Waals surface area (Å²) in [6.45, 7) is 2.07. The van der Waals surface area contributed by atoms with Crippen LogP contribution in [0.2, 0.25) is 0 Å². The van der Waals surface area contributed by atoms with Gasteiger partial charge in [-0.1, -0.05) is 5.16 Å². The smallest absolute Gasteiger partial charge is 0.273 e. The second kappa shape index (κ2) is 6.51. The van der Waals surface area contributed by atoms with Crippen LogP contribution in [0, 0.1) is 0 Å². The Labute approximate surface area is 106 Å². The van der Waals surface area contributed by atoms with E-state index in [1.54, 1.807) is 13.2 Å². The van der Waals surface area contributed by atoms with Gasteiger partial charge in [0.1, 0.15) is 6.61 Å². The van der Waals surface area contributed by atoms with Crippen LogP contribution in [0.1, 0.15) is 35.5 Å². The summed E-state index contributed by atoms with van der Waals surface area (Å²) in [5.41, 5.74) is 0.307. The van der Waals surface area contributed by atoms with Gasteiger partial charge in [0.15, 0.2) is 11.5 Å². The molecule has 1 atom stereocenters. The van der Waals surface area contributed by atoms with Crippen molar-refractivity contribution in [3.05, 3.63) is 17.5 Å². The third-order valence-electron chi connectivity index (χ3n) is 3.02. The minimum Gasteiger partial charge on any atom is -0.377 e. The normalized spacial score (nSPS) is 19.1. The van der Waals surface area contributed by atoms with Crippen molar-refractivity contribution in [3.63, 3.8) is 0 Å². The monoisotopic (exact) mass is 253 g/mol. The molecular formula is C12H19N3O3. The Morgan fingerprint density at radius 3 is 3.33 bits per heavy atom. The number of carbonyl (C=O) groups excluding carboxylic acids is 1. The van der Waals surface area contributed by atoms with E-state index in [0.29, 0.717) is 30.6 Å². The van der Waals surface area contributed by atoms with E-state index in [-0.39, 0.29) is 5.91 Å². The SMILES string of the molecule is COCc1cc(C(=O)NCCC2CCCN2)no1. The fourth-order valence-corrected chi connectivity index (χ4v) is 2.08. The maximum absolute atomic E-state index is 11.7. The molecule has 2 N–H and O–H groups in total. The number of ether oxygens (including phenoxy) is 1. The molecule has 6 nitrogen and oxygen atoms in total. The van der Waals surface area contributed by atoms with Gasteiger partial charge in [0.2, 0.25) is 0 Å². The van der Waals surface area contributed by atoms with Crippen molar-refractivity contribution in [1.82, 2.24) is 15.8 Å². The highest BCUT2D eigenvalue weighted by atomic mass is 16.5. The molecule has 18 heavy (non-hydrogen) atoms. The predicted octanol–water partition coefficient (Wildman–Crippen LogP) is 0.693. The lowest BCUT2D eigenvalue weighted by Crippen LogP contribution is -2.30. The molecule has 1 saturated heterocycles. The topological polar surface area (TPSA) is 76.4 Å². The van der Waals surface area contributed by atoms with Crippen LogP contribution in [0.3, 0.4) is 0 Å². The first kappa shape index (κ1) is 13.0. The molecular weight excluding hydrogens is 234 g/mol. The number of rotatable bonds is 6. The van der Waals surface area contributed by atoms with Crippen LogP contribution in [0.5, 0.6) is 0 Å². The molecule has 0 aliphatic carbocycles. The molecule has 1 fully saturated rings. The number of nitrogens with zero attached hydrogens (tertiary/aromatic N) is 1. The van der Waals surface area contributed by atoms with E-state index in [1.807, 2.05) is 0 Å². The third kappa shape index (κ3) is 3.54. The summed E-state index contributed by atoms with van der Waals surface area (Å²) in [6, 6.07) is 2.14. The van der Waals surface area contributed by atoms with Crippen molar-refractivity contribution < 1.29 is 14.1 Å². The molecule has 0 bridgehead atoms. The van der Waals surface area contributed by atoms with E-state index in [1.165, 1.54) is 12.8 Å².